The zero-order valence-electron chi connectivity index (χ0n) is 5.55. The van der Waals surface area contributed by atoms with E-state index in [9.17, 15) is 0 Å². The zero-order chi connectivity index (χ0) is 10.8. The van der Waals surface area contributed by atoms with E-state index in [1.165, 1.54) is 0 Å². The Kier molecular flexibility index (Phi) is 281. The molecule has 0 aromatic heterocycles. The van der Waals surface area contributed by atoms with Crippen molar-refractivity contribution in [2.75, 3.05) is 0 Å². The van der Waals surface area contributed by atoms with Crippen LogP contribution in [0.1, 0.15) is 0 Å². The minimum Gasteiger partial charge on any atom is -0.444 e. The van der Waals surface area contributed by atoms with Crippen molar-refractivity contribution >= 4 is 0 Å². The van der Waals surface area contributed by atoms with Gasteiger partial charge in [-0.2, -0.15) is 0 Å². The Labute approximate surface area is 103 Å². The van der Waals surface area contributed by atoms with Crippen molar-refractivity contribution in [2.45, 2.75) is 0 Å². The van der Waals surface area contributed by atoms with E-state index in [2.05, 4.69) is 0 Å². The van der Waals surface area contributed by atoms with Crippen molar-refractivity contribution in [3.05, 3.63) is 40.5 Å². The second kappa shape index (κ2) is 123. The number of nitrogens with zero attached hydrogens (tertiary/aromatic N) is 4. The first-order valence-electron chi connectivity index (χ1n) is 1.46. The average molecular weight is 324 g/mol. The van der Waals surface area contributed by atoms with Crippen LogP contribution in [0.2, 0.25) is 0 Å². The Morgan fingerprint density at radius 2 is 0.538 bits per heavy atom. The molecule has 0 bridgehead atoms. The van der Waals surface area contributed by atoms with Gasteiger partial charge in [-0.1, -0.05) is 0 Å². The summed E-state index contributed by atoms with van der Waals surface area (Å²) in [5, 5.41) is 36.0. The van der Waals surface area contributed by atoms with Crippen LogP contribution in [0, 0.1) is 82.2 Å². The van der Waals surface area contributed by atoms with E-state index < -0.39 is 0 Å². The van der Waals surface area contributed by atoms with Gasteiger partial charge in [-0.3, -0.25) is 0 Å². The molecule has 0 aliphatic rings. The molecule has 12 nitrogen and oxygen atoms in total. The second-order valence-electron chi connectivity index (χ2n) is 0.298. The molecule has 0 radical (unpaired) electrons. The summed E-state index contributed by atoms with van der Waals surface area (Å²) in [5.41, 5.74) is 0. The van der Waals surface area contributed by atoms with E-state index in [-0.39, 0.29) is 41.7 Å². The molecule has 0 aromatic carbocycles. The molecule has 0 aromatic rings. The minimum absolute atomic E-state index is 0. The van der Waals surface area contributed by atoms with Gasteiger partial charge >= 0.3 is 41.7 Å². The van der Waals surface area contributed by atoms with Crippen LogP contribution in [0.15, 0.2) is 21.4 Å². The Bertz CT molecular complexity index is 70.1. The molecular formula is CeN4O8. The fraction of sp³-hybridized carbons (Fsp3) is 0. The van der Waals surface area contributed by atoms with Crippen LogP contribution >= 0.6 is 0 Å². The van der Waals surface area contributed by atoms with Gasteiger partial charge in [0.15, 0.2) is 0 Å². The summed E-state index contributed by atoms with van der Waals surface area (Å²) in [4.78, 5) is 32.0. The molecule has 0 aliphatic carbocycles. The van der Waals surface area contributed by atoms with Gasteiger partial charge in [0.1, 0.15) is 0 Å². The van der Waals surface area contributed by atoms with Crippen LogP contribution in [0.25, 0.3) is 0 Å². The van der Waals surface area contributed by atoms with Crippen LogP contribution in [-0.2, 0) is 0 Å². The van der Waals surface area contributed by atoms with E-state index >= 15 is 0 Å². The third kappa shape index (κ3) is 845. The topological polar surface area (TPSA) is 210 Å². The summed E-state index contributed by atoms with van der Waals surface area (Å²) in [7, 11) is 0. The van der Waals surface area contributed by atoms with E-state index in [1.807, 2.05) is 0 Å². The molecule has 0 aliphatic heterocycles. The molecule has 0 N–H and O–H groups in total. The van der Waals surface area contributed by atoms with E-state index in [1.54, 1.807) is 0 Å². The smallest absolute Gasteiger partial charge is 0.444 e. The maximum absolute atomic E-state index is 8.00. The summed E-state index contributed by atoms with van der Waals surface area (Å²) >= 11 is 0. The second-order valence-corrected chi connectivity index (χ2v) is 0.298. The van der Waals surface area contributed by atoms with Crippen molar-refractivity contribution in [3.63, 3.8) is 0 Å². The Balaban J connectivity index is -0.0000000213. The summed E-state index contributed by atoms with van der Waals surface area (Å²) in [5.74, 6) is 0. The largest absolute Gasteiger partial charge is 4.00 e. The van der Waals surface area contributed by atoms with Gasteiger partial charge in [0.05, 0.1) is 0 Å². The van der Waals surface area contributed by atoms with Crippen molar-refractivity contribution in [2.24, 2.45) is 21.4 Å². The van der Waals surface area contributed by atoms with Crippen LogP contribution < -0.4 is 0 Å². The first-order valence-corrected chi connectivity index (χ1v) is 1.46. The molecule has 0 heterocycles. The van der Waals surface area contributed by atoms with Crippen LogP contribution in [0.5, 0.6) is 0 Å². The summed E-state index contributed by atoms with van der Waals surface area (Å²) in [6.45, 7) is 0. The molecule has 72 valence electrons. The van der Waals surface area contributed by atoms with Crippen molar-refractivity contribution in [3.8, 4) is 0 Å². The Morgan fingerprint density at radius 1 is 0.538 bits per heavy atom. The summed E-state index contributed by atoms with van der Waals surface area (Å²) < 4.78 is 0. The fourth-order valence-corrected chi connectivity index (χ4v) is 0. The fourth-order valence-electron chi connectivity index (χ4n) is 0. The first kappa shape index (κ1) is 29.6. The van der Waals surface area contributed by atoms with Crippen molar-refractivity contribution in [1.82, 2.24) is 0 Å². The minimum atomic E-state index is 0. The number of hydrogen-bond acceptors (Lipinski definition) is 12. The van der Waals surface area contributed by atoms with Gasteiger partial charge in [0, 0.05) is 0 Å². The standard InChI is InChI=1S/Ce.4HNO2/c;4*2-1-3/h;4*(H,2,3)/q+4;;;;/p-4. The van der Waals surface area contributed by atoms with E-state index in [0.717, 1.165) is 21.4 Å². The molecule has 0 atom stereocenters. The molecule has 0 unspecified atom stereocenters. The average Bonchev–Trinajstić information content (AvgIpc) is 1.92. The van der Waals surface area contributed by atoms with Gasteiger partial charge < -0.3 is 40.5 Å². The molecular weight excluding hydrogens is 324 g/mol. The van der Waals surface area contributed by atoms with Crippen molar-refractivity contribution < 1.29 is 41.7 Å². The predicted octanol–water partition coefficient (Wildman–Crippen LogP) is 1.00. The quantitative estimate of drug-likeness (QED) is 0.462. The Morgan fingerprint density at radius 3 is 0.538 bits per heavy atom. The van der Waals surface area contributed by atoms with Gasteiger partial charge in [0.2, 0.25) is 0 Å². The number of rotatable bonds is 0. The normalized spacial score (nSPS) is 3.69. The van der Waals surface area contributed by atoms with E-state index in [4.69, 9.17) is 40.5 Å². The molecule has 0 spiro atoms. The molecule has 0 fully saturated rings. The maximum atomic E-state index is 8.00. The SMILES string of the molecule is O=N[O-].O=N[O-].O=N[O-].O=N[O-].[Ce+4]. The summed E-state index contributed by atoms with van der Waals surface area (Å²) in [6.07, 6.45) is 0. The monoisotopic (exact) mass is 324 g/mol. The number of hydrogen-bond donors (Lipinski definition) is 0. The molecule has 13 heteroatoms. The van der Waals surface area contributed by atoms with E-state index in [0.29, 0.717) is 0 Å². The predicted molar refractivity (Wildman–Crippen MR) is 36.6 cm³/mol. The van der Waals surface area contributed by atoms with Gasteiger partial charge in [0.25, 0.3) is 0 Å². The van der Waals surface area contributed by atoms with Gasteiger partial charge in [-0.05, 0) is 0 Å². The maximum Gasteiger partial charge on any atom is 4.00 e. The van der Waals surface area contributed by atoms with Crippen LogP contribution in [0.4, 0.5) is 0 Å². The van der Waals surface area contributed by atoms with Gasteiger partial charge in [-0.15, -0.1) is 21.4 Å². The molecule has 0 amide bonds. The molecule has 0 saturated heterocycles. The zero-order valence-corrected chi connectivity index (χ0v) is 8.69. The third-order valence-corrected chi connectivity index (χ3v) is 0. The molecule has 0 rings (SSSR count). The third-order valence-electron chi connectivity index (χ3n) is 0. The van der Waals surface area contributed by atoms with Crippen LogP contribution in [0.3, 0.4) is 0 Å². The van der Waals surface area contributed by atoms with Crippen molar-refractivity contribution in [1.29, 1.82) is 0 Å². The molecule has 13 heavy (non-hydrogen) atoms. The first-order chi connectivity index (χ1) is 5.66. The van der Waals surface area contributed by atoms with Crippen LogP contribution in [-0.4, -0.2) is 0 Å². The molecule has 0 saturated carbocycles. The van der Waals surface area contributed by atoms with Gasteiger partial charge in [-0.25, -0.2) is 0 Å². The summed E-state index contributed by atoms with van der Waals surface area (Å²) in [6, 6.07) is 0. The Hall–Kier alpha value is -1.02.